The van der Waals surface area contributed by atoms with Gasteiger partial charge in [0.1, 0.15) is 10.9 Å². The lowest BCUT2D eigenvalue weighted by Gasteiger charge is -2.32. The Kier molecular flexibility index (Phi) is 9.06. The molecule has 2 aromatic carbocycles. The van der Waals surface area contributed by atoms with E-state index >= 15 is 0 Å². The number of ether oxygens (including phenoxy) is 1. The fourth-order valence-electron chi connectivity index (χ4n) is 3.95. The summed E-state index contributed by atoms with van der Waals surface area (Å²) in [5, 5.41) is 17.8. The van der Waals surface area contributed by atoms with Gasteiger partial charge in [0.05, 0.1) is 34.7 Å². The van der Waals surface area contributed by atoms with Crippen LogP contribution >= 0.6 is 11.3 Å². The number of rotatable bonds is 6. The fourth-order valence-corrected chi connectivity index (χ4v) is 4.97. The molecule has 3 heterocycles. The third-order valence-electron chi connectivity index (χ3n) is 5.94. The molecule has 1 aliphatic heterocycles. The van der Waals surface area contributed by atoms with Crippen molar-refractivity contribution in [1.29, 1.82) is 5.26 Å². The van der Waals surface area contributed by atoms with Crippen LogP contribution in [0.25, 0.3) is 10.2 Å². The quantitative estimate of drug-likeness (QED) is 0.329. The van der Waals surface area contributed by atoms with E-state index in [1.165, 1.54) is 5.56 Å². The van der Waals surface area contributed by atoms with Crippen molar-refractivity contribution in [1.82, 2.24) is 15.0 Å². The van der Waals surface area contributed by atoms with Crippen molar-refractivity contribution in [3.63, 3.8) is 0 Å². The molecule has 0 spiro atoms. The van der Waals surface area contributed by atoms with Crippen molar-refractivity contribution in [2.75, 3.05) is 18.0 Å². The Morgan fingerprint density at radius 2 is 1.77 bits per heavy atom. The largest absolute Gasteiger partial charge is 0.490 e. The lowest BCUT2D eigenvalue weighted by Crippen LogP contribution is -2.38. The molecular weight excluding hydrogens is 531 g/mol. The van der Waals surface area contributed by atoms with Crippen LogP contribution in [0.3, 0.4) is 0 Å². The van der Waals surface area contributed by atoms with E-state index in [-0.39, 0.29) is 6.10 Å². The van der Waals surface area contributed by atoms with E-state index in [0.29, 0.717) is 18.2 Å². The molecule has 1 unspecified atom stereocenters. The number of anilines is 1. The molecule has 4 aromatic rings. The van der Waals surface area contributed by atoms with Crippen LogP contribution in [0.5, 0.6) is 0 Å². The SMILES string of the molecule is N#CC(c1ccnc(N2CCC(OCc3ccccc3)CC2)n1)c1nc2ccccc2s1.O=C(O)C(F)(F)F. The van der Waals surface area contributed by atoms with E-state index in [1.807, 2.05) is 48.5 Å². The van der Waals surface area contributed by atoms with Crippen LogP contribution in [0, 0.1) is 11.3 Å². The number of carboxylic acids is 1. The number of para-hydroxylation sites is 1. The number of halogens is 3. The molecule has 0 aliphatic carbocycles. The van der Waals surface area contributed by atoms with Crippen LogP contribution in [-0.4, -0.2) is 51.4 Å². The maximum absolute atomic E-state index is 10.6. The van der Waals surface area contributed by atoms with Crippen LogP contribution in [0.1, 0.15) is 35.0 Å². The number of carbonyl (C=O) groups is 1. The smallest absolute Gasteiger partial charge is 0.475 e. The molecule has 1 atom stereocenters. The number of benzene rings is 2. The molecule has 1 N–H and O–H groups in total. The Morgan fingerprint density at radius 3 is 2.41 bits per heavy atom. The number of hydrogen-bond donors (Lipinski definition) is 1. The van der Waals surface area contributed by atoms with Gasteiger partial charge in [-0.1, -0.05) is 42.5 Å². The molecule has 202 valence electrons. The van der Waals surface area contributed by atoms with Gasteiger partial charge in [-0.3, -0.25) is 0 Å². The minimum absolute atomic E-state index is 0.240. The normalized spacial score (nSPS) is 14.8. The molecule has 1 aliphatic rings. The molecule has 1 fully saturated rings. The van der Waals surface area contributed by atoms with E-state index in [0.717, 1.165) is 41.2 Å². The summed E-state index contributed by atoms with van der Waals surface area (Å²) in [4.78, 5) is 25.0. The summed E-state index contributed by atoms with van der Waals surface area (Å²) in [7, 11) is 0. The van der Waals surface area contributed by atoms with E-state index in [1.54, 1.807) is 17.5 Å². The number of nitrogens with zero attached hydrogens (tertiary/aromatic N) is 5. The fraction of sp³-hybridized carbons (Fsp3) is 0.296. The van der Waals surface area contributed by atoms with Crippen LogP contribution in [0.15, 0.2) is 66.9 Å². The molecule has 5 rings (SSSR count). The average molecular weight is 556 g/mol. The second kappa shape index (κ2) is 12.6. The monoisotopic (exact) mass is 555 g/mol. The first kappa shape index (κ1) is 27.9. The molecule has 1 saturated heterocycles. The zero-order valence-electron chi connectivity index (χ0n) is 20.6. The lowest BCUT2D eigenvalue weighted by atomic mass is 10.1. The van der Waals surface area contributed by atoms with Gasteiger partial charge in [-0.2, -0.15) is 18.4 Å². The van der Waals surface area contributed by atoms with Gasteiger partial charge in [0.15, 0.2) is 0 Å². The van der Waals surface area contributed by atoms with Crippen LogP contribution in [-0.2, 0) is 16.1 Å². The van der Waals surface area contributed by atoms with Gasteiger partial charge in [0.2, 0.25) is 5.95 Å². The van der Waals surface area contributed by atoms with Crippen molar-refractivity contribution >= 4 is 33.5 Å². The predicted molar refractivity (Wildman–Crippen MR) is 139 cm³/mol. The highest BCUT2D eigenvalue weighted by molar-refractivity contribution is 7.18. The summed E-state index contributed by atoms with van der Waals surface area (Å²) in [6.45, 7) is 2.31. The molecule has 2 aromatic heterocycles. The van der Waals surface area contributed by atoms with Gasteiger partial charge >= 0.3 is 12.1 Å². The number of piperidine rings is 1. The third-order valence-corrected chi connectivity index (χ3v) is 7.04. The zero-order valence-corrected chi connectivity index (χ0v) is 21.4. The van der Waals surface area contributed by atoms with Crippen molar-refractivity contribution in [3.8, 4) is 6.07 Å². The molecular formula is C27H24F3N5O3S. The third kappa shape index (κ3) is 7.49. The second-order valence-electron chi connectivity index (χ2n) is 8.65. The molecule has 12 heteroatoms. The lowest BCUT2D eigenvalue weighted by molar-refractivity contribution is -0.192. The topological polar surface area (TPSA) is 112 Å². The summed E-state index contributed by atoms with van der Waals surface area (Å²) >= 11 is 1.55. The van der Waals surface area contributed by atoms with E-state index in [9.17, 15) is 18.4 Å². The van der Waals surface area contributed by atoms with Gasteiger partial charge in [0.25, 0.3) is 0 Å². The number of nitriles is 1. The van der Waals surface area contributed by atoms with Crippen molar-refractivity contribution < 1.29 is 27.8 Å². The van der Waals surface area contributed by atoms with Gasteiger partial charge in [-0.25, -0.2) is 19.7 Å². The Morgan fingerprint density at radius 1 is 1.10 bits per heavy atom. The van der Waals surface area contributed by atoms with Crippen LogP contribution < -0.4 is 4.90 Å². The summed E-state index contributed by atoms with van der Waals surface area (Å²) in [5.74, 6) is -2.58. The van der Waals surface area contributed by atoms with Crippen LogP contribution in [0.2, 0.25) is 0 Å². The highest BCUT2D eigenvalue weighted by atomic mass is 32.1. The number of thiazole rings is 1. The highest BCUT2D eigenvalue weighted by Crippen LogP contribution is 2.31. The van der Waals surface area contributed by atoms with Gasteiger partial charge < -0.3 is 14.7 Å². The number of fused-ring (bicyclic) bond motifs is 1. The van der Waals surface area contributed by atoms with Crippen molar-refractivity contribution in [2.24, 2.45) is 0 Å². The van der Waals surface area contributed by atoms with E-state index in [4.69, 9.17) is 19.6 Å². The van der Waals surface area contributed by atoms with Gasteiger partial charge in [-0.15, -0.1) is 11.3 Å². The second-order valence-corrected chi connectivity index (χ2v) is 9.71. The Balaban J connectivity index is 0.000000448. The number of alkyl halides is 3. The van der Waals surface area contributed by atoms with E-state index < -0.39 is 18.1 Å². The highest BCUT2D eigenvalue weighted by Gasteiger charge is 2.38. The Bertz CT molecular complexity index is 1400. The maximum Gasteiger partial charge on any atom is 0.490 e. The first-order chi connectivity index (χ1) is 18.7. The number of hydrogen-bond acceptors (Lipinski definition) is 8. The molecule has 0 radical (unpaired) electrons. The average Bonchev–Trinajstić information content (AvgIpc) is 3.37. The van der Waals surface area contributed by atoms with Gasteiger partial charge in [-0.05, 0) is 36.6 Å². The van der Waals surface area contributed by atoms with Gasteiger partial charge in [0, 0.05) is 19.3 Å². The molecule has 39 heavy (non-hydrogen) atoms. The summed E-state index contributed by atoms with van der Waals surface area (Å²) < 4.78 is 38.9. The number of carboxylic acid groups (broad SMARTS) is 1. The number of aliphatic carboxylic acids is 1. The summed E-state index contributed by atoms with van der Waals surface area (Å²) in [5.41, 5.74) is 2.81. The molecule has 0 bridgehead atoms. The number of aromatic nitrogens is 3. The molecule has 0 saturated carbocycles. The van der Waals surface area contributed by atoms with Crippen molar-refractivity contribution in [2.45, 2.75) is 37.6 Å². The summed E-state index contributed by atoms with van der Waals surface area (Å²) in [6.07, 6.45) is -1.24. The zero-order chi connectivity index (χ0) is 27.8. The Hall–Kier alpha value is -4.08. The first-order valence-corrected chi connectivity index (χ1v) is 12.8. The first-order valence-electron chi connectivity index (χ1n) is 12.0. The minimum Gasteiger partial charge on any atom is -0.475 e. The van der Waals surface area contributed by atoms with Crippen molar-refractivity contribution in [3.05, 3.63) is 83.1 Å². The standard InChI is InChI=1S/C25H23N5OS.C2HF3O2/c26-16-20(24-28-22-8-4-5-9-23(22)32-24)21-10-13-27-25(29-21)30-14-11-19(12-15-30)31-17-18-6-2-1-3-7-18;3-2(4,5)1(6)7/h1-10,13,19-20H,11-12,14-15,17H2;(H,6,7). The van der Waals surface area contributed by atoms with E-state index in [2.05, 4.69) is 33.1 Å². The molecule has 8 nitrogen and oxygen atoms in total. The molecule has 0 amide bonds. The maximum atomic E-state index is 10.6. The van der Waals surface area contributed by atoms with Crippen LogP contribution in [0.4, 0.5) is 19.1 Å². The minimum atomic E-state index is -5.08. The summed E-state index contributed by atoms with van der Waals surface area (Å²) in [6, 6.07) is 22.4. The predicted octanol–water partition coefficient (Wildman–Crippen LogP) is 5.56. The Labute approximate surface area is 226 Å².